The van der Waals surface area contributed by atoms with Crippen molar-refractivity contribution in [3.8, 4) is 23.3 Å². The van der Waals surface area contributed by atoms with Crippen molar-refractivity contribution in [2.45, 2.75) is 78.6 Å². The average molecular weight is 363 g/mol. The molecule has 0 spiro atoms. The first-order chi connectivity index (χ1) is 13.3. The highest BCUT2D eigenvalue weighted by atomic mass is 16.5. The maximum Gasteiger partial charge on any atom is 0.128 e. The molecule has 0 bridgehead atoms. The van der Waals surface area contributed by atoms with E-state index in [1.165, 1.54) is 55.2 Å². The molecule has 0 aliphatic carbocycles. The van der Waals surface area contributed by atoms with E-state index in [0.29, 0.717) is 0 Å². The average Bonchev–Trinajstić information content (AvgIpc) is 2.69. The SMILES string of the molecule is CCCCC#Cc1c(CCCC)cc(Oc2ccccc2)cc1CCCC. The molecular formula is C26H34O. The molecule has 2 aromatic carbocycles. The second-order valence-corrected chi connectivity index (χ2v) is 7.14. The zero-order valence-corrected chi connectivity index (χ0v) is 17.3. The molecule has 1 heteroatoms. The molecule has 0 fully saturated rings. The lowest BCUT2D eigenvalue weighted by Gasteiger charge is -2.15. The lowest BCUT2D eigenvalue weighted by atomic mass is 9.93. The van der Waals surface area contributed by atoms with Gasteiger partial charge in [-0.2, -0.15) is 0 Å². The summed E-state index contributed by atoms with van der Waals surface area (Å²) in [5.41, 5.74) is 3.95. The highest BCUT2D eigenvalue weighted by molar-refractivity contribution is 5.52. The van der Waals surface area contributed by atoms with E-state index in [2.05, 4.69) is 44.7 Å². The zero-order chi connectivity index (χ0) is 19.3. The van der Waals surface area contributed by atoms with E-state index < -0.39 is 0 Å². The number of rotatable bonds is 10. The minimum absolute atomic E-state index is 0.891. The first-order valence-corrected chi connectivity index (χ1v) is 10.7. The van der Waals surface area contributed by atoms with Crippen molar-refractivity contribution in [2.75, 3.05) is 0 Å². The molecule has 2 aromatic rings. The lowest BCUT2D eigenvalue weighted by molar-refractivity contribution is 0.481. The molecule has 0 unspecified atom stereocenters. The van der Waals surface area contributed by atoms with Crippen molar-refractivity contribution in [2.24, 2.45) is 0 Å². The van der Waals surface area contributed by atoms with Crippen LogP contribution in [-0.4, -0.2) is 0 Å². The van der Waals surface area contributed by atoms with Gasteiger partial charge in [0.15, 0.2) is 0 Å². The summed E-state index contributed by atoms with van der Waals surface area (Å²) in [7, 11) is 0. The highest BCUT2D eigenvalue weighted by Gasteiger charge is 2.11. The van der Waals surface area contributed by atoms with E-state index in [0.717, 1.165) is 30.8 Å². The Bertz CT molecular complexity index is 705. The molecule has 0 aliphatic rings. The number of hydrogen-bond donors (Lipinski definition) is 0. The molecule has 27 heavy (non-hydrogen) atoms. The molecule has 0 heterocycles. The molecule has 0 N–H and O–H groups in total. The Morgan fingerprint density at radius 2 is 1.33 bits per heavy atom. The lowest BCUT2D eigenvalue weighted by Crippen LogP contribution is -2.00. The Morgan fingerprint density at radius 3 is 1.89 bits per heavy atom. The van der Waals surface area contributed by atoms with Crippen molar-refractivity contribution < 1.29 is 4.74 Å². The van der Waals surface area contributed by atoms with E-state index in [1.54, 1.807) is 0 Å². The number of para-hydroxylation sites is 1. The Hall–Kier alpha value is -2.20. The molecule has 0 atom stereocenters. The summed E-state index contributed by atoms with van der Waals surface area (Å²) < 4.78 is 6.17. The second-order valence-electron chi connectivity index (χ2n) is 7.14. The van der Waals surface area contributed by atoms with E-state index >= 15 is 0 Å². The van der Waals surface area contributed by atoms with Crippen LogP contribution in [0.5, 0.6) is 11.5 Å². The third-order valence-corrected chi connectivity index (χ3v) is 4.72. The van der Waals surface area contributed by atoms with Crippen LogP contribution in [0, 0.1) is 11.8 Å². The van der Waals surface area contributed by atoms with Gasteiger partial charge in [-0.1, -0.05) is 70.1 Å². The van der Waals surface area contributed by atoms with Gasteiger partial charge in [0.25, 0.3) is 0 Å². The fraction of sp³-hybridized carbons (Fsp3) is 0.462. The van der Waals surface area contributed by atoms with Crippen molar-refractivity contribution in [1.29, 1.82) is 0 Å². The molecule has 0 saturated heterocycles. The van der Waals surface area contributed by atoms with Crippen molar-refractivity contribution in [3.05, 3.63) is 59.2 Å². The normalized spacial score (nSPS) is 10.3. The van der Waals surface area contributed by atoms with Crippen LogP contribution in [0.25, 0.3) is 0 Å². The Morgan fingerprint density at radius 1 is 0.741 bits per heavy atom. The van der Waals surface area contributed by atoms with Gasteiger partial charge in [-0.05, 0) is 67.5 Å². The Balaban J connectivity index is 2.38. The molecule has 0 saturated carbocycles. The first kappa shape index (κ1) is 21.1. The van der Waals surface area contributed by atoms with Crippen LogP contribution >= 0.6 is 0 Å². The molecule has 0 aromatic heterocycles. The van der Waals surface area contributed by atoms with Gasteiger partial charge >= 0.3 is 0 Å². The quantitative estimate of drug-likeness (QED) is 0.311. The zero-order valence-electron chi connectivity index (χ0n) is 17.3. The smallest absolute Gasteiger partial charge is 0.128 e. The largest absolute Gasteiger partial charge is 0.457 e. The van der Waals surface area contributed by atoms with E-state index in [4.69, 9.17) is 4.74 Å². The molecular weight excluding hydrogens is 328 g/mol. The molecule has 1 nitrogen and oxygen atoms in total. The van der Waals surface area contributed by atoms with Crippen LogP contribution in [0.15, 0.2) is 42.5 Å². The summed E-state index contributed by atoms with van der Waals surface area (Å²) in [6.07, 6.45) is 10.3. The highest BCUT2D eigenvalue weighted by Crippen LogP contribution is 2.29. The van der Waals surface area contributed by atoms with Crippen LogP contribution in [0.3, 0.4) is 0 Å². The van der Waals surface area contributed by atoms with Crippen LogP contribution in [0.1, 0.15) is 82.4 Å². The number of unbranched alkanes of at least 4 members (excludes halogenated alkanes) is 4. The summed E-state index contributed by atoms with van der Waals surface area (Å²) >= 11 is 0. The fourth-order valence-electron chi connectivity index (χ4n) is 3.12. The van der Waals surface area contributed by atoms with Crippen LogP contribution in [-0.2, 0) is 12.8 Å². The number of benzene rings is 2. The van der Waals surface area contributed by atoms with Crippen molar-refractivity contribution in [3.63, 3.8) is 0 Å². The third-order valence-electron chi connectivity index (χ3n) is 4.72. The summed E-state index contributed by atoms with van der Waals surface area (Å²) in [6, 6.07) is 14.5. The monoisotopic (exact) mass is 362 g/mol. The minimum atomic E-state index is 0.891. The topological polar surface area (TPSA) is 9.23 Å². The minimum Gasteiger partial charge on any atom is -0.457 e. The molecule has 144 valence electrons. The summed E-state index contributed by atoms with van der Waals surface area (Å²) in [6.45, 7) is 6.71. The standard InChI is InChI=1S/C26H34O/c1-4-7-10-14-19-26-22(15-8-5-2)20-25(21-23(26)16-9-6-3)27-24-17-12-11-13-18-24/h11-13,17-18,20-21H,4-10,15-16H2,1-3H3. The van der Waals surface area contributed by atoms with Crippen molar-refractivity contribution >= 4 is 0 Å². The number of hydrogen-bond acceptors (Lipinski definition) is 1. The van der Waals surface area contributed by atoms with Gasteiger partial charge in [-0.15, -0.1) is 0 Å². The van der Waals surface area contributed by atoms with E-state index in [9.17, 15) is 0 Å². The first-order valence-electron chi connectivity index (χ1n) is 10.7. The molecule has 0 radical (unpaired) electrons. The van der Waals surface area contributed by atoms with Crippen LogP contribution in [0.2, 0.25) is 0 Å². The summed E-state index contributed by atoms with van der Waals surface area (Å²) in [5, 5.41) is 0. The maximum absolute atomic E-state index is 6.17. The van der Waals surface area contributed by atoms with Crippen LogP contribution < -0.4 is 4.74 Å². The van der Waals surface area contributed by atoms with E-state index in [1.807, 2.05) is 30.3 Å². The van der Waals surface area contributed by atoms with Gasteiger partial charge < -0.3 is 4.74 Å². The summed E-state index contributed by atoms with van der Waals surface area (Å²) in [5.74, 6) is 8.77. The van der Waals surface area contributed by atoms with E-state index in [-0.39, 0.29) is 0 Å². The fourth-order valence-corrected chi connectivity index (χ4v) is 3.12. The Labute approximate surface area is 166 Å². The van der Waals surface area contributed by atoms with Gasteiger partial charge in [-0.25, -0.2) is 0 Å². The summed E-state index contributed by atoms with van der Waals surface area (Å²) in [4.78, 5) is 0. The van der Waals surface area contributed by atoms with Gasteiger partial charge in [0.1, 0.15) is 11.5 Å². The maximum atomic E-state index is 6.17. The van der Waals surface area contributed by atoms with Gasteiger partial charge in [-0.3, -0.25) is 0 Å². The molecule has 0 aliphatic heterocycles. The second kappa shape index (κ2) is 12.2. The third kappa shape index (κ3) is 7.14. The predicted molar refractivity (Wildman–Crippen MR) is 117 cm³/mol. The molecule has 2 rings (SSSR count). The van der Waals surface area contributed by atoms with Crippen LogP contribution in [0.4, 0.5) is 0 Å². The van der Waals surface area contributed by atoms with Gasteiger partial charge in [0.2, 0.25) is 0 Å². The number of ether oxygens (including phenoxy) is 1. The van der Waals surface area contributed by atoms with Gasteiger partial charge in [0, 0.05) is 12.0 Å². The number of aryl methyl sites for hydroxylation is 2. The predicted octanol–water partition coefficient (Wildman–Crippen LogP) is 7.71. The Kier molecular flexibility index (Phi) is 9.56. The van der Waals surface area contributed by atoms with Gasteiger partial charge in [0.05, 0.1) is 0 Å². The van der Waals surface area contributed by atoms with Crippen molar-refractivity contribution in [1.82, 2.24) is 0 Å². The molecule has 0 amide bonds.